The molecule has 1 aromatic carbocycles. The Morgan fingerprint density at radius 2 is 1.73 bits per heavy atom. The molecule has 0 amide bonds. The molecule has 0 bridgehead atoms. The first-order chi connectivity index (χ1) is 12.4. The zero-order valence-electron chi connectivity index (χ0n) is 16.5. The highest BCUT2D eigenvalue weighted by atomic mass is 16.5. The van der Waals surface area contributed by atoms with Gasteiger partial charge in [-0.05, 0) is 30.9 Å². The number of anilines is 4. The molecule has 26 heavy (non-hydrogen) atoms. The van der Waals surface area contributed by atoms with Crippen molar-refractivity contribution in [2.45, 2.75) is 34.6 Å². The molecular formula is C20H31N5O. The van der Waals surface area contributed by atoms with Crippen molar-refractivity contribution in [3.8, 4) is 5.75 Å². The van der Waals surface area contributed by atoms with Crippen LogP contribution in [0.25, 0.3) is 0 Å². The molecule has 1 aromatic heterocycles. The quantitative estimate of drug-likeness (QED) is 0.696. The zero-order chi connectivity index (χ0) is 19.1. The summed E-state index contributed by atoms with van der Waals surface area (Å²) in [5.74, 6) is 3.17. The van der Waals surface area contributed by atoms with Crippen LogP contribution < -0.4 is 20.7 Å². The van der Waals surface area contributed by atoms with Crippen molar-refractivity contribution in [3.05, 3.63) is 30.6 Å². The van der Waals surface area contributed by atoms with Crippen molar-refractivity contribution < 1.29 is 4.74 Å². The van der Waals surface area contributed by atoms with Gasteiger partial charge >= 0.3 is 0 Å². The summed E-state index contributed by atoms with van der Waals surface area (Å²) in [5, 5.41) is 3.30. The molecule has 0 atom stereocenters. The van der Waals surface area contributed by atoms with Gasteiger partial charge in [-0.15, -0.1) is 0 Å². The van der Waals surface area contributed by atoms with Crippen LogP contribution in [0.5, 0.6) is 5.75 Å². The Labute approximate surface area is 156 Å². The number of nitrogen functional groups attached to an aromatic ring is 1. The first-order valence-corrected chi connectivity index (χ1v) is 9.26. The number of rotatable bonds is 9. The second-order valence-corrected chi connectivity index (χ2v) is 7.21. The highest BCUT2D eigenvalue weighted by molar-refractivity contribution is 5.79. The van der Waals surface area contributed by atoms with Gasteiger partial charge in [0.15, 0.2) is 11.6 Å². The van der Waals surface area contributed by atoms with Crippen LogP contribution >= 0.6 is 0 Å². The van der Waals surface area contributed by atoms with E-state index in [1.54, 1.807) is 6.33 Å². The average Bonchev–Trinajstić information content (AvgIpc) is 2.57. The van der Waals surface area contributed by atoms with Gasteiger partial charge in [0.25, 0.3) is 0 Å². The van der Waals surface area contributed by atoms with Crippen molar-refractivity contribution in [3.63, 3.8) is 0 Å². The molecule has 2 rings (SSSR count). The van der Waals surface area contributed by atoms with Gasteiger partial charge in [0.2, 0.25) is 0 Å². The highest BCUT2D eigenvalue weighted by Gasteiger charge is 2.18. The monoisotopic (exact) mass is 357 g/mol. The molecule has 142 valence electrons. The number of nitrogens with one attached hydrogen (secondary N) is 1. The molecule has 6 heteroatoms. The van der Waals surface area contributed by atoms with Gasteiger partial charge in [-0.25, -0.2) is 9.97 Å². The molecule has 0 radical (unpaired) electrons. The van der Waals surface area contributed by atoms with Gasteiger partial charge in [-0.3, -0.25) is 0 Å². The molecule has 0 spiro atoms. The SMILES string of the molecule is CCOc1ccccc1Nc1ncnc(N(CC(C)C)CC(C)C)c1N. The van der Waals surface area contributed by atoms with E-state index in [-0.39, 0.29) is 0 Å². The van der Waals surface area contributed by atoms with Crippen molar-refractivity contribution in [2.75, 3.05) is 35.6 Å². The lowest BCUT2D eigenvalue weighted by Crippen LogP contribution is -2.32. The van der Waals surface area contributed by atoms with Crippen LogP contribution in [0.3, 0.4) is 0 Å². The zero-order valence-corrected chi connectivity index (χ0v) is 16.5. The summed E-state index contributed by atoms with van der Waals surface area (Å²) in [5.41, 5.74) is 7.83. The van der Waals surface area contributed by atoms with Gasteiger partial charge in [0.1, 0.15) is 17.8 Å². The van der Waals surface area contributed by atoms with E-state index < -0.39 is 0 Å². The topological polar surface area (TPSA) is 76.3 Å². The summed E-state index contributed by atoms with van der Waals surface area (Å²) in [6.07, 6.45) is 1.56. The van der Waals surface area contributed by atoms with Crippen LogP contribution in [-0.2, 0) is 0 Å². The van der Waals surface area contributed by atoms with E-state index >= 15 is 0 Å². The minimum Gasteiger partial charge on any atom is -0.492 e. The minimum atomic E-state index is 0.512. The molecule has 0 saturated carbocycles. The molecule has 6 nitrogen and oxygen atoms in total. The van der Waals surface area contributed by atoms with Gasteiger partial charge in [0.05, 0.1) is 12.3 Å². The lowest BCUT2D eigenvalue weighted by Gasteiger charge is -2.28. The Bertz CT molecular complexity index is 692. The minimum absolute atomic E-state index is 0.512. The highest BCUT2D eigenvalue weighted by Crippen LogP contribution is 2.32. The molecule has 0 unspecified atom stereocenters. The molecule has 0 aliphatic heterocycles. The lowest BCUT2D eigenvalue weighted by molar-refractivity contribution is 0.342. The second-order valence-electron chi connectivity index (χ2n) is 7.21. The Morgan fingerprint density at radius 3 is 2.35 bits per heavy atom. The largest absolute Gasteiger partial charge is 0.492 e. The number of para-hydroxylation sites is 2. The normalized spacial score (nSPS) is 11.0. The number of nitrogens with two attached hydrogens (primary N) is 1. The maximum atomic E-state index is 6.44. The summed E-state index contributed by atoms with van der Waals surface area (Å²) < 4.78 is 5.67. The number of nitrogens with zero attached hydrogens (tertiary/aromatic N) is 3. The average molecular weight is 358 g/mol. The van der Waals surface area contributed by atoms with Crippen LogP contribution in [-0.4, -0.2) is 29.7 Å². The summed E-state index contributed by atoms with van der Waals surface area (Å²) in [6.45, 7) is 13.1. The van der Waals surface area contributed by atoms with E-state index in [0.29, 0.717) is 29.9 Å². The third-order valence-corrected chi connectivity index (χ3v) is 3.77. The molecule has 0 aliphatic rings. The fourth-order valence-corrected chi connectivity index (χ4v) is 2.85. The van der Waals surface area contributed by atoms with Crippen molar-refractivity contribution >= 4 is 23.0 Å². The van der Waals surface area contributed by atoms with E-state index in [1.165, 1.54) is 0 Å². The van der Waals surface area contributed by atoms with Crippen molar-refractivity contribution in [1.29, 1.82) is 0 Å². The van der Waals surface area contributed by atoms with E-state index in [1.807, 2.05) is 31.2 Å². The number of ether oxygens (including phenoxy) is 1. The van der Waals surface area contributed by atoms with Gasteiger partial charge in [-0.2, -0.15) is 0 Å². The van der Waals surface area contributed by atoms with Gasteiger partial charge in [-0.1, -0.05) is 39.8 Å². The van der Waals surface area contributed by atoms with E-state index in [9.17, 15) is 0 Å². The van der Waals surface area contributed by atoms with Gasteiger partial charge in [0, 0.05) is 13.1 Å². The van der Waals surface area contributed by atoms with Gasteiger partial charge < -0.3 is 20.7 Å². The number of benzene rings is 1. The summed E-state index contributed by atoms with van der Waals surface area (Å²) >= 11 is 0. The summed E-state index contributed by atoms with van der Waals surface area (Å²) in [4.78, 5) is 11.1. The number of aromatic nitrogens is 2. The van der Waals surface area contributed by atoms with Crippen LogP contribution in [0.2, 0.25) is 0 Å². The fraction of sp³-hybridized carbons (Fsp3) is 0.500. The predicted molar refractivity (Wildman–Crippen MR) is 109 cm³/mol. The van der Waals surface area contributed by atoms with Crippen molar-refractivity contribution in [2.24, 2.45) is 11.8 Å². The standard InChI is InChI=1S/C20H31N5O/c1-6-26-17-10-8-7-9-16(17)24-19-18(21)20(23-13-22-19)25(11-14(2)3)12-15(4)5/h7-10,13-15H,6,11-12,21H2,1-5H3,(H,22,23,24). The van der Waals surface area contributed by atoms with Crippen molar-refractivity contribution in [1.82, 2.24) is 9.97 Å². The van der Waals surface area contributed by atoms with Crippen LogP contribution in [0, 0.1) is 11.8 Å². The maximum Gasteiger partial charge on any atom is 0.159 e. The summed E-state index contributed by atoms with van der Waals surface area (Å²) in [6, 6.07) is 7.77. The lowest BCUT2D eigenvalue weighted by atomic mass is 10.1. The number of hydrogen-bond acceptors (Lipinski definition) is 6. The predicted octanol–water partition coefficient (Wildman–Crippen LogP) is 4.32. The Morgan fingerprint density at radius 1 is 1.08 bits per heavy atom. The van der Waals surface area contributed by atoms with E-state index in [2.05, 4.69) is 47.9 Å². The molecule has 0 saturated heterocycles. The van der Waals surface area contributed by atoms with Crippen LogP contribution in [0.15, 0.2) is 30.6 Å². The maximum absolute atomic E-state index is 6.44. The van der Waals surface area contributed by atoms with Crippen LogP contribution in [0.4, 0.5) is 23.0 Å². The molecule has 3 N–H and O–H groups in total. The first kappa shape index (κ1) is 19.8. The first-order valence-electron chi connectivity index (χ1n) is 9.26. The molecule has 0 aliphatic carbocycles. The molecule has 1 heterocycles. The molecule has 0 fully saturated rings. The van der Waals surface area contributed by atoms with E-state index in [4.69, 9.17) is 10.5 Å². The molecule has 2 aromatic rings. The third kappa shape index (κ3) is 5.25. The fourth-order valence-electron chi connectivity index (χ4n) is 2.85. The number of hydrogen-bond donors (Lipinski definition) is 2. The Hall–Kier alpha value is -2.50. The van der Waals surface area contributed by atoms with Crippen LogP contribution in [0.1, 0.15) is 34.6 Å². The van der Waals surface area contributed by atoms with E-state index in [0.717, 1.165) is 30.3 Å². The smallest absolute Gasteiger partial charge is 0.159 e. The Balaban J connectivity index is 2.33. The second kappa shape index (κ2) is 9.27. The molecular weight excluding hydrogens is 326 g/mol. The third-order valence-electron chi connectivity index (χ3n) is 3.77. The Kier molecular flexibility index (Phi) is 7.06. The summed E-state index contributed by atoms with van der Waals surface area (Å²) in [7, 11) is 0.